The molecule has 1 heterocycles. The number of aryl methyl sites for hydroxylation is 1. The fourth-order valence-electron chi connectivity index (χ4n) is 3.28. The largest absolute Gasteiger partial charge is 0.426 e. The number of piperidine rings is 1. The van der Waals surface area contributed by atoms with Crippen molar-refractivity contribution in [2.24, 2.45) is 5.92 Å². The average molecular weight is 429 g/mol. The molecular formula is C20H19N3O6S. The fraction of sp³-hybridized carbons (Fsp3) is 0.300. The third-order valence-corrected chi connectivity index (χ3v) is 6.90. The Morgan fingerprint density at radius 3 is 2.37 bits per heavy atom. The molecule has 2 aromatic rings. The van der Waals surface area contributed by atoms with E-state index in [9.17, 15) is 23.3 Å². The lowest BCUT2D eigenvalue weighted by Crippen LogP contribution is -2.41. The fourth-order valence-corrected chi connectivity index (χ4v) is 4.75. The molecule has 2 aromatic carbocycles. The van der Waals surface area contributed by atoms with E-state index in [1.807, 2.05) is 6.07 Å². The van der Waals surface area contributed by atoms with Crippen molar-refractivity contribution < 1.29 is 22.9 Å². The van der Waals surface area contributed by atoms with E-state index in [1.165, 1.54) is 46.8 Å². The third-order valence-electron chi connectivity index (χ3n) is 4.99. The number of benzene rings is 2. The summed E-state index contributed by atoms with van der Waals surface area (Å²) >= 11 is 0. The number of hydrogen-bond donors (Lipinski definition) is 0. The van der Waals surface area contributed by atoms with Gasteiger partial charge in [-0.15, -0.1) is 0 Å². The number of rotatable bonds is 5. The van der Waals surface area contributed by atoms with E-state index in [-0.39, 0.29) is 29.4 Å². The SMILES string of the molecule is Cc1cc(OC(=O)C2CCN(S(=O)(=O)c3ccc(C#N)cc3)CC2)ccc1[N+](=O)[O-]. The third kappa shape index (κ3) is 4.48. The summed E-state index contributed by atoms with van der Waals surface area (Å²) in [6.07, 6.45) is 0.612. The molecule has 1 saturated heterocycles. The van der Waals surface area contributed by atoms with Gasteiger partial charge in [-0.2, -0.15) is 9.57 Å². The number of nitro groups is 1. The van der Waals surface area contributed by atoms with Crippen LogP contribution in [0.2, 0.25) is 0 Å². The smallest absolute Gasteiger partial charge is 0.314 e. The molecule has 1 aliphatic rings. The Bertz CT molecular complexity index is 1110. The average Bonchev–Trinajstić information content (AvgIpc) is 2.73. The second-order valence-electron chi connectivity index (χ2n) is 6.94. The highest BCUT2D eigenvalue weighted by atomic mass is 32.2. The minimum atomic E-state index is -3.71. The van der Waals surface area contributed by atoms with Crippen LogP contribution in [0.15, 0.2) is 47.4 Å². The first kappa shape index (κ1) is 21.4. The number of carbonyl (C=O) groups excluding carboxylic acids is 1. The number of hydrogen-bond acceptors (Lipinski definition) is 7. The van der Waals surface area contributed by atoms with Crippen LogP contribution in [0, 0.1) is 34.3 Å². The van der Waals surface area contributed by atoms with Gasteiger partial charge in [-0.3, -0.25) is 14.9 Å². The van der Waals surface area contributed by atoms with Gasteiger partial charge >= 0.3 is 5.97 Å². The summed E-state index contributed by atoms with van der Waals surface area (Å²) in [6.45, 7) is 1.89. The van der Waals surface area contributed by atoms with Crippen molar-refractivity contribution in [3.8, 4) is 11.8 Å². The molecule has 156 valence electrons. The number of esters is 1. The van der Waals surface area contributed by atoms with Gasteiger partial charge in [0.1, 0.15) is 5.75 Å². The van der Waals surface area contributed by atoms with Gasteiger partial charge in [0.05, 0.1) is 27.4 Å². The normalized spacial score (nSPS) is 15.3. The summed E-state index contributed by atoms with van der Waals surface area (Å²) in [6, 6.07) is 11.7. The van der Waals surface area contributed by atoms with E-state index in [2.05, 4.69) is 0 Å². The second-order valence-corrected chi connectivity index (χ2v) is 8.88. The lowest BCUT2D eigenvalue weighted by molar-refractivity contribution is -0.385. The zero-order valence-electron chi connectivity index (χ0n) is 16.1. The first-order valence-electron chi connectivity index (χ1n) is 9.19. The van der Waals surface area contributed by atoms with Gasteiger partial charge in [0.15, 0.2) is 0 Å². The summed E-state index contributed by atoms with van der Waals surface area (Å²) in [5.41, 5.74) is 0.696. The molecule has 0 unspecified atom stereocenters. The Morgan fingerprint density at radius 2 is 1.83 bits per heavy atom. The molecule has 10 heteroatoms. The van der Waals surface area contributed by atoms with Crippen molar-refractivity contribution in [2.75, 3.05) is 13.1 Å². The van der Waals surface area contributed by atoms with Crippen molar-refractivity contribution in [3.63, 3.8) is 0 Å². The maximum atomic E-state index is 12.8. The monoisotopic (exact) mass is 429 g/mol. The standard InChI is InChI=1S/C20H19N3O6S/c1-14-12-17(4-7-19(14)23(25)26)29-20(24)16-8-10-22(11-9-16)30(27,28)18-5-2-15(13-21)3-6-18/h2-7,12,16H,8-11H2,1H3. The van der Waals surface area contributed by atoms with Crippen LogP contribution in [0.5, 0.6) is 5.75 Å². The highest BCUT2D eigenvalue weighted by molar-refractivity contribution is 7.89. The van der Waals surface area contributed by atoms with Crippen molar-refractivity contribution in [1.29, 1.82) is 5.26 Å². The minimum absolute atomic E-state index is 0.0592. The highest BCUT2D eigenvalue weighted by Crippen LogP contribution is 2.27. The van der Waals surface area contributed by atoms with Gasteiger partial charge in [-0.1, -0.05) is 0 Å². The van der Waals surface area contributed by atoms with E-state index in [0.717, 1.165) is 0 Å². The van der Waals surface area contributed by atoms with Crippen LogP contribution in [-0.2, 0) is 14.8 Å². The Balaban J connectivity index is 1.62. The van der Waals surface area contributed by atoms with E-state index >= 15 is 0 Å². The molecular weight excluding hydrogens is 410 g/mol. The first-order valence-corrected chi connectivity index (χ1v) is 10.6. The van der Waals surface area contributed by atoms with Crippen molar-refractivity contribution >= 4 is 21.7 Å². The van der Waals surface area contributed by atoms with E-state index in [4.69, 9.17) is 10.00 Å². The number of nitrogens with zero attached hydrogens (tertiary/aromatic N) is 3. The Morgan fingerprint density at radius 1 is 1.20 bits per heavy atom. The summed E-state index contributed by atoms with van der Waals surface area (Å²) in [5.74, 6) is -0.734. The summed E-state index contributed by atoms with van der Waals surface area (Å²) in [4.78, 5) is 22.9. The molecule has 30 heavy (non-hydrogen) atoms. The lowest BCUT2D eigenvalue weighted by atomic mass is 9.98. The zero-order valence-corrected chi connectivity index (χ0v) is 17.0. The van der Waals surface area contributed by atoms with Crippen LogP contribution >= 0.6 is 0 Å². The number of sulfonamides is 1. The summed E-state index contributed by atoms with van der Waals surface area (Å²) in [7, 11) is -3.71. The molecule has 0 amide bonds. The quantitative estimate of drug-likeness (QED) is 0.309. The Hall–Kier alpha value is -3.29. The van der Waals surface area contributed by atoms with E-state index in [0.29, 0.717) is 24.0 Å². The van der Waals surface area contributed by atoms with Gasteiger partial charge in [0.2, 0.25) is 10.0 Å². The minimum Gasteiger partial charge on any atom is -0.426 e. The van der Waals surface area contributed by atoms with Gasteiger partial charge in [-0.25, -0.2) is 8.42 Å². The Kier molecular flexibility index (Phi) is 6.14. The van der Waals surface area contributed by atoms with Crippen LogP contribution in [0.3, 0.4) is 0 Å². The van der Waals surface area contributed by atoms with Crippen LogP contribution in [0.25, 0.3) is 0 Å². The van der Waals surface area contributed by atoms with Gasteiger partial charge < -0.3 is 4.74 Å². The maximum Gasteiger partial charge on any atom is 0.314 e. The van der Waals surface area contributed by atoms with Gasteiger partial charge in [0, 0.05) is 24.7 Å². The molecule has 0 aromatic heterocycles. The van der Waals surface area contributed by atoms with Crippen molar-refractivity contribution in [3.05, 3.63) is 63.7 Å². The van der Waals surface area contributed by atoms with Crippen LogP contribution in [0.1, 0.15) is 24.0 Å². The molecule has 9 nitrogen and oxygen atoms in total. The molecule has 0 saturated carbocycles. The molecule has 0 N–H and O–H groups in total. The molecule has 3 rings (SSSR count). The molecule has 0 radical (unpaired) electrons. The molecule has 0 aliphatic carbocycles. The number of ether oxygens (including phenoxy) is 1. The van der Waals surface area contributed by atoms with E-state index in [1.54, 1.807) is 6.92 Å². The predicted octanol–water partition coefficient (Wildman–Crippen LogP) is 2.78. The summed E-state index contributed by atoms with van der Waals surface area (Å²) in [5, 5.41) is 19.7. The molecule has 0 spiro atoms. The zero-order chi connectivity index (χ0) is 21.9. The molecule has 1 aliphatic heterocycles. The van der Waals surface area contributed by atoms with E-state index < -0.39 is 26.8 Å². The first-order chi connectivity index (χ1) is 14.2. The summed E-state index contributed by atoms with van der Waals surface area (Å²) < 4.78 is 32.2. The van der Waals surface area contributed by atoms with Gasteiger partial charge in [0.25, 0.3) is 5.69 Å². The maximum absolute atomic E-state index is 12.8. The Labute approximate surface area is 173 Å². The number of nitro benzene ring substituents is 1. The molecule has 0 atom stereocenters. The second kappa shape index (κ2) is 8.61. The predicted molar refractivity (Wildman–Crippen MR) is 106 cm³/mol. The van der Waals surface area contributed by atoms with Crippen LogP contribution in [0.4, 0.5) is 5.69 Å². The number of carbonyl (C=O) groups is 1. The van der Waals surface area contributed by atoms with Crippen molar-refractivity contribution in [1.82, 2.24) is 4.31 Å². The lowest BCUT2D eigenvalue weighted by Gasteiger charge is -2.30. The van der Waals surface area contributed by atoms with Crippen LogP contribution < -0.4 is 4.74 Å². The highest BCUT2D eigenvalue weighted by Gasteiger charge is 2.33. The van der Waals surface area contributed by atoms with Gasteiger partial charge in [-0.05, 0) is 56.2 Å². The van der Waals surface area contributed by atoms with Crippen molar-refractivity contribution in [2.45, 2.75) is 24.7 Å². The molecule has 1 fully saturated rings. The topological polar surface area (TPSA) is 131 Å². The van der Waals surface area contributed by atoms with Crippen LogP contribution in [-0.4, -0.2) is 36.7 Å². The molecule has 0 bridgehead atoms. The number of nitriles is 1.